The maximum Gasteiger partial charge on any atom is 0.129 e. The van der Waals surface area contributed by atoms with Crippen molar-refractivity contribution in [3.8, 4) is 0 Å². The molecule has 1 unspecified atom stereocenters. The van der Waals surface area contributed by atoms with E-state index in [0.29, 0.717) is 10.6 Å². The minimum Gasteiger partial charge on any atom is -0.306 e. The zero-order chi connectivity index (χ0) is 15.2. The van der Waals surface area contributed by atoms with Crippen LogP contribution in [0.3, 0.4) is 0 Å². The lowest BCUT2D eigenvalue weighted by Crippen LogP contribution is -2.23. The number of halogens is 2. The Bertz CT molecular complexity index is 586. The standard InChI is InChI=1S/C17H19ClFNS/c1-3-20-17(15-10-7-13(18)11-16(15)19)12-5-8-14(9-6-12)21-4-2/h5-11,17,20H,3-4H2,1-2H3. The summed E-state index contributed by atoms with van der Waals surface area (Å²) in [5.74, 6) is 0.766. The zero-order valence-corrected chi connectivity index (χ0v) is 13.8. The Balaban J connectivity index is 2.33. The Hall–Kier alpha value is -1.03. The maximum atomic E-state index is 14.2. The number of nitrogens with one attached hydrogen (secondary N) is 1. The fraction of sp³-hybridized carbons (Fsp3) is 0.294. The lowest BCUT2D eigenvalue weighted by Gasteiger charge is -2.20. The van der Waals surface area contributed by atoms with Gasteiger partial charge in [-0.15, -0.1) is 11.8 Å². The molecule has 1 nitrogen and oxygen atoms in total. The molecule has 2 aromatic rings. The summed E-state index contributed by atoms with van der Waals surface area (Å²) in [6.45, 7) is 4.91. The largest absolute Gasteiger partial charge is 0.306 e. The molecule has 21 heavy (non-hydrogen) atoms. The minimum absolute atomic E-state index is 0.159. The molecule has 0 bridgehead atoms. The molecule has 0 aliphatic carbocycles. The van der Waals surface area contributed by atoms with Gasteiger partial charge in [0.15, 0.2) is 0 Å². The normalized spacial score (nSPS) is 12.4. The highest BCUT2D eigenvalue weighted by atomic mass is 35.5. The molecular formula is C17H19ClFNS. The van der Waals surface area contributed by atoms with Gasteiger partial charge in [0.2, 0.25) is 0 Å². The minimum atomic E-state index is -0.277. The molecule has 0 aliphatic heterocycles. The summed E-state index contributed by atoms with van der Waals surface area (Å²) < 4.78 is 14.2. The maximum absolute atomic E-state index is 14.2. The van der Waals surface area contributed by atoms with E-state index in [4.69, 9.17) is 11.6 Å². The van der Waals surface area contributed by atoms with Gasteiger partial charge >= 0.3 is 0 Å². The van der Waals surface area contributed by atoms with E-state index in [1.165, 1.54) is 11.0 Å². The van der Waals surface area contributed by atoms with Gasteiger partial charge in [-0.25, -0.2) is 4.39 Å². The Morgan fingerprint density at radius 2 is 1.86 bits per heavy atom. The zero-order valence-electron chi connectivity index (χ0n) is 12.2. The second kappa shape index (κ2) is 7.83. The molecule has 0 heterocycles. The van der Waals surface area contributed by atoms with E-state index in [0.717, 1.165) is 17.9 Å². The van der Waals surface area contributed by atoms with Crippen LogP contribution in [-0.2, 0) is 0 Å². The van der Waals surface area contributed by atoms with Crippen LogP contribution in [0, 0.1) is 5.82 Å². The van der Waals surface area contributed by atoms with Crippen LogP contribution >= 0.6 is 23.4 Å². The van der Waals surface area contributed by atoms with Crippen molar-refractivity contribution in [3.63, 3.8) is 0 Å². The van der Waals surface area contributed by atoms with E-state index in [1.807, 2.05) is 6.92 Å². The molecule has 0 amide bonds. The van der Waals surface area contributed by atoms with Crippen LogP contribution in [0.4, 0.5) is 4.39 Å². The van der Waals surface area contributed by atoms with Crippen molar-refractivity contribution in [2.45, 2.75) is 24.8 Å². The highest BCUT2D eigenvalue weighted by Gasteiger charge is 2.17. The van der Waals surface area contributed by atoms with E-state index in [2.05, 4.69) is 36.5 Å². The number of hydrogen-bond acceptors (Lipinski definition) is 2. The summed E-state index contributed by atoms with van der Waals surface area (Å²) in [4.78, 5) is 1.23. The number of hydrogen-bond donors (Lipinski definition) is 1. The summed E-state index contributed by atoms with van der Waals surface area (Å²) >= 11 is 7.64. The van der Waals surface area contributed by atoms with Gasteiger partial charge in [-0.1, -0.05) is 43.6 Å². The van der Waals surface area contributed by atoms with Crippen LogP contribution in [0.1, 0.15) is 31.0 Å². The molecule has 4 heteroatoms. The second-order valence-corrected chi connectivity index (χ2v) is 6.43. The average molecular weight is 324 g/mol. The first-order valence-corrected chi connectivity index (χ1v) is 8.43. The van der Waals surface area contributed by atoms with Gasteiger partial charge in [0.05, 0.1) is 6.04 Å². The van der Waals surface area contributed by atoms with Crippen molar-refractivity contribution >= 4 is 23.4 Å². The van der Waals surface area contributed by atoms with Crippen molar-refractivity contribution < 1.29 is 4.39 Å². The number of rotatable bonds is 6. The predicted octanol–water partition coefficient (Wildman–Crippen LogP) is 5.29. The third-order valence-corrected chi connectivity index (χ3v) is 4.34. The van der Waals surface area contributed by atoms with Gasteiger partial charge in [-0.05, 0) is 42.1 Å². The van der Waals surface area contributed by atoms with Crippen molar-refractivity contribution in [2.75, 3.05) is 12.3 Å². The molecule has 1 N–H and O–H groups in total. The first-order valence-electron chi connectivity index (χ1n) is 7.06. The molecule has 0 aromatic heterocycles. The first-order chi connectivity index (χ1) is 10.2. The molecule has 0 saturated heterocycles. The Labute approximate surface area is 134 Å². The molecule has 0 spiro atoms. The Morgan fingerprint density at radius 3 is 2.43 bits per heavy atom. The third-order valence-electron chi connectivity index (χ3n) is 3.21. The third kappa shape index (κ3) is 4.22. The summed E-state index contributed by atoms with van der Waals surface area (Å²) in [5, 5.41) is 3.75. The van der Waals surface area contributed by atoms with Crippen molar-refractivity contribution in [1.82, 2.24) is 5.32 Å². The lowest BCUT2D eigenvalue weighted by molar-refractivity contribution is 0.559. The average Bonchev–Trinajstić information content (AvgIpc) is 2.47. The lowest BCUT2D eigenvalue weighted by atomic mass is 9.98. The quantitative estimate of drug-likeness (QED) is 0.725. The SMILES string of the molecule is CCNC(c1ccc(SCC)cc1)c1ccc(Cl)cc1F. The molecule has 0 aliphatic rings. The first kappa shape index (κ1) is 16.3. The summed E-state index contributed by atoms with van der Waals surface area (Å²) in [5.41, 5.74) is 1.68. The van der Waals surface area contributed by atoms with Crippen molar-refractivity contribution in [1.29, 1.82) is 0 Å². The second-order valence-electron chi connectivity index (χ2n) is 4.66. The predicted molar refractivity (Wildman–Crippen MR) is 89.8 cm³/mol. The number of benzene rings is 2. The molecule has 0 radical (unpaired) electrons. The van der Waals surface area contributed by atoms with Gasteiger partial charge < -0.3 is 5.32 Å². The van der Waals surface area contributed by atoms with Gasteiger partial charge in [0.1, 0.15) is 5.82 Å². The van der Waals surface area contributed by atoms with E-state index < -0.39 is 0 Å². The molecule has 0 saturated carbocycles. The highest BCUT2D eigenvalue weighted by Crippen LogP contribution is 2.28. The monoisotopic (exact) mass is 323 g/mol. The van der Waals surface area contributed by atoms with E-state index in [1.54, 1.807) is 23.9 Å². The fourth-order valence-corrected chi connectivity index (χ4v) is 3.09. The van der Waals surface area contributed by atoms with Crippen molar-refractivity contribution in [3.05, 3.63) is 64.4 Å². The highest BCUT2D eigenvalue weighted by molar-refractivity contribution is 7.99. The van der Waals surface area contributed by atoms with Crippen LogP contribution in [0.25, 0.3) is 0 Å². The van der Waals surface area contributed by atoms with Crippen molar-refractivity contribution in [2.24, 2.45) is 0 Å². The van der Waals surface area contributed by atoms with Gasteiger partial charge in [-0.2, -0.15) is 0 Å². The van der Waals surface area contributed by atoms with Crippen LogP contribution in [0.2, 0.25) is 5.02 Å². The molecular weight excluding hydrogens is 305 g/mol. The van der Waals surface area contributed by atoms with Gasteiger partial charge in [0, 0.05) is 15.5 Å². The van der Waals surface area contributed by atoms with Crippen LogP contribution in [0.15, 0.2) is 47.4 Å². The van der Waals surface area contributed by atoms with E-state index in [-0.39, 0.29) is 11.9 Å². The van der Waals surface area contributed by atoms with E-state index in [9.17, 15) is 4.39 Å². The Morgan fingerprint density at radius 1 is 1.14 bits per heavy atom. The fourth-order valence-electron chi connectivity index (χ4n) is 2.27. The molecule has 2 rings (SSSR count). The topological polar surface area (TPSA) is 12.0 Å². The van der Waals surface area contributed by atoms with Crippen LogP contribution < -0.4 is 5.32 Å². The summed E-state index contributed by atoms with van der Waals surface area (Å²) in [7, 11) is 0. The number of thioether (sulfide) groups is 1. The van der Waals surface area contributed by atoms with Gasteiger partial charge in [0.25, 0.3) is 0 Å². The Kier molecular flexibility index (Phi) is 6.09. The molecule has 112 valence electrons. The summed E-state index contributed by atoms with van der Waals surface area (Å²) in [6, 6.07) is 13.0. The van der Waals surface area contributed by atoms with Crippen LogP contribution in [-0.4, -0.2) is 12.3 Å². The van der Waals surface area contributed by atoms with E-state index >= 15 is 0 Å². The molecule has 2 aromatic carbocycles. The summed E-state index contributed by atoms with van der Waals surface area (Å²) in [6.07, 6.45) is 0. The molecule has 0 fully saturated rings. The smallest absolute Gasteiger partial charge is 0.129 e. The van der Waals surface area contributed by atoms with Crippen LogP contribution in [0.5, 0.6) is 0 Å². The molecule has 1 atom stereocenters. The van der Waals surface area contributed by atoms with Gasteiger partial charge in [-0.3, -0.25) is 0 Å².